The van der Waals surface area contributed by atoms with E-state index in [1.54, 1.807) is 30.1 Å². The number of aliphatic hydroxyl groups excluding tert-OH is 1. The van der Waals surface area contributed by atoms with Gasteiger partial charge in [-0.25, -0.2) is 0 Å². The van der Waals surface area contributed by atoms with Crippen LogP contribution in [0.15, 0.2) is 24.3 Å². The van der Waals surface area contributed by atoms with Gasteiger partial charge in [0.2, 0.25) is 0 Å². The van der Waals surface area contributed by atoms with Crippen molar-refractivity contribution in [2.45, 2.75) is 19.3 Å². The average Bonchev–Trinajstić information content (AvgIpc) is 2.42. The number of phenolic OH excluding ortho intramolecular Hbond substituents is 1. The minimum absolute atomic E-state index is 0.0286. The first-order chi connectivity index (χ1) is 9.15. The highest BCUT2D eigenvalue weighted by Crippen LogP contribution is 2.24. The SMILES string of the molecule is CN(CCCCCO)C(=O)COc1ccccc1O. The first kappa shape index (κ1) is 15.3. The van der Waals surface area contributed by atoms with Gasteiger partial charge < -0.3 is 19.8 Å². The molecule has 1 aromatic carbocycles. The first-order valence-electron chi connectivity index (χ1n) is 6.40. The molecule has 2 N–H and O–H groups in total. The number of carbonyl (C=O) groups excluding carboxylic acids is 1. The number of aliphatic hydroxyl groups is 1. The van der Waals surface area contributed by atoms with Gasteiger partial charge in [-0.1, -0.05) is 12.1 Å². The third-order valence-corrected chi connectivity index (χ3v) is 2.79. The van der Waals surface area contributed by atoms with Gasteiger partial charge in [-0.2, -0.15) is 0 Å². The number of amides is 1. The van der Waals surface area contributed by atoms with Gasteiger partial charge in [0, 0.05) is 20.2 Å². The van der Waals surface area contributed by atoms with Crippen molar-refractivity contribution in [3.8, 4) is 11.5 Å². The van der Waals surface area contributed by atoms with Gasteiger partial charge in [-0.3, -0.25) is 4.79 Å². The zero-order valence-corrected chi connectivity index (χ0v) is 11.2. The molecule has 0 heterocycles. The molecule has 1 amide bonds. The molecule has 19 heavy (non-hydrogen) atoms. The molecule has 0 saturated heterocycles. The fraction of sp³-hybridized carbons (Fsp3) is 0.500. The molecule has 0 aliphatic heterocycles. The second-order valence-corrected chi connectivity index (χ2v) is 4.36. The summed E-state index contributed by atoms with van der Waals surface area (Å²) in [5.74, 6) is 0.206. The van der Waals surface area contributed by atoms with Gasteiger partial charge in [-0.05, 0) is 31.4 Å². The molecule has 1 rings (SSSR count). The van der Waals surface area contributed by atoms with Gasteiger partial charge >= 0.3 is 0 Å². The van der Waals surface area contributed by atoms with Gasteiger partial charge in [-0.15, -0.1) is 0 Å². The van der Waals surface area contributed by atoms with Gasteiger partial charge in [0.05, 0.1) is 0 Å². The molecule has 0 fully saturated rings. The Balaban J connectivity index is 2.28. The molecule has 0 saturated carbocycles. The minimum Gasteiger partial charge on any atom is -0.504 e. The lowest BCUT2D eigenvalue weighted by atomic mass is 10.2. The largest absolute Gasteiger partial charge is 0.504 e. The number of phenols is 1. The van der Waals surface area contributed by atoms with Crippen LogP contribution in [0.4, 0.5) is 0 Å². The van der Waals surface area contributed by atoms with Crippen LogP contribution < -0.4 is 4.74 Å². The quantitative estimate of drug-likeness (QED) is 0.698. The number of nitrogens with zero attached hydrogens (tertiary/aromatic N) is 1. The van der Waals surface area contributed by atoms with Gasteiger partial charge in [0.1, 0.15) is 0 Å². The molecule has 0 unspecified atom stereocenters. The van der Waals surface area contributed by atoms with E-state index in [1.165, 1.54) is 6.07 Å². The predicted octanol–water partition coefficient (Wildman–Crippen LogP) is 1.39. The summed E-state index contributed by atoms with van der Waals surface area (Å²) in [6.07, 6.45) is 2.52. The van der Waals surface area contributed by atoms with Crippen LogP contribution in [0, 0.1) is 0 Å². The molecule has 0 atom stereocenters. The van der Waals surface area contributed by atoms with Crippen LogP contribution in [-0.4, -0.2) is 47.8 Å². The molecule has 0 aliphatic carbocycles. The summed E-state index contributed by atoms with van der Waals surface area (Å²) < 4.78 is 5.27. The second kappa shape index (κ2) is 8.37. The monoisotopic (exact) mass is 267 g/mol. The lowest BCUT2D eigenvalue weighted by Crippen LogP contribution is -2.32. The molecule has 106 valence electrons. The van der Waals surface area contributed by atoms with Crippen LogP contribution in [0.2, 0.25) is 0 Å². The third-order valence-electron chi connectivity index (χ3n) is 2.79. The number of carbonyl (C=O) groups is 1. The summed E-state index contributed by atoms with van der Waals surface area (Å²) in [6, 6.07) is 6.55. The number of hydrogen-bond acceptors (Lipinski definition) is 4. The van der Waals surface area contributed by atoms with Crippen molar-refractivity contribution in [3.05, 3.63) is 24.3 Å². The number of para-hydroxylation sites is 2. The Morgan fingerprint density at radius 3 is 2.68 bits per heavy atom. The van der Waals surface area contributed by atoms with Crippen molar-refractivity contribution < 1.29 is 19.7 Å². The molecule has 0 aromatic heterocycles. The summed E-state index contributed by atoms with van der Waals surface area (Å²) in [5, 5.41) is 18.1. The lowest BCUT2D eigenvalue weighted by molar-refractivity contribution is -0.132. The van der Waals surface area contributed by atoms with E-state index in [1.807, 2.05) is 0 Å². The van der Waals surface area contributed by atoms with Crippen molar-refractivity contribution >= 4 is 5.91 Å². The van der Waals surface area contributed by atoms with Crippen molar-refractivity contribution in [1.82, 2.24) is 4.90 Å². The number of likely N-dealkylation sites (N-methyl/N-ethyl adjacent to an activating group) is 1. The maximum atomic E-state index is 11.8. The number of benzene rings is 1. The number of hydrogen-bond donors (Lipinski definition) is 2. The molecule has 1 aromatic rings. The van der Waals surface area contributed by atoms with Gasteiger partial charge in [0.15, 0.2) is 18.1 Å². The summed E-state index contributed by atoms with van der Waals surface area (Å²) in [5.41, 5.74) is 0. The van der Waals surface area contributed by atoms with Crippen LogP contribution in [0.3, 0.4) is 0 Å². The van der Waals surface area contributed by atoms with E-state index < -0.39 is 0 Å². The summed E-state index contributed by atoms with van der Waals surface area (Å²) in [6.45, 7) is 0.741. The molecular formula is C14H21NO4. The lowest BCUT2D eigenvalue weighted by Gasteiger charge is -2.17. The molecule has 5 heteroatoms. The fourth-order valence-corrected chi connectivity index (χ4v) is 1.59. The number of rotatable bonds is 8. The predicted molar refractivity (Wildman–Crippen MR) is 72.2 cm³/mol. The Hall–Kier alpha value is -1.75. The van der Waals surface area contributed by atoms with E-state index >= 15 is 0 Å². The van der Waals surface area contributed by atoms with Crippen molar-refractivity contribution in [2.24, 2.45) is 0 Å². The molecule has 0 bridgehead atoms. The summed E-state index contributed by atoms with van der Waals surface area (Å²) >= 11 is 0. The maximum absolute atomic E-state index is 11.8. The van der Waals surface area contributed by atoms with Crippen molar-refractivity contribution in [1.29, 1.82) is 0 Å². The maximum Gasteiger partial charge on any atom is 0.260 e. The Labute approximate surface area is 113 Å². The zero-order valence-electron chi connectivity index (χ0n) is 11.2. The molecule has 5 nitrogen and oxygen atoms in total. The van der Waals surface area contributed by atoms with E-state index in [9.17, 15) is 9.90 Å². The molecule has 0 radical (unpaired) electrons. The van der Waals surface area contributed by atoms with Crippen LogP contribution in [0.25, 0.3) is 0 Å². The molecular weight excluding hydrogens is 246 g/mol. The van der Waals surface area contributed by atoms with Crippen molar-refractivity contribution in [2.75, 3.05) is 26.8 Å². The fourth-order valence-electron chi connectivity index (χ4n) is 1.59. The third kappa shape index (κ3) is 5.61. The Morgan fingerprint density at radius 2 is 2.00 bits per heavy atom. The number of aromatic hydroxyl groups is 1. The van der Waals surface area contributed by atoms with E-state index in [-0.39, 0.29) is 24.9 Å². The van der Waals surface area contributed by atoms with Crippen LogP contribution in [0.1, 0.15) is 19.3 Å². The van der Waals surface area contributed by atoms with E-state index in [0.717, 1.165) is 19.3 Å². The Kier molecular flexibility index (Phi) is 6.74. The molecule has 0 spiro atoms. The smallest absolute Gasteiger partial charge is 0.260 e. The van der Waals surface area contributed by atoms with Crippen LogP contribution in [-0.2, 0) is 4.79 Å². The van der Waals surface area contributed by atoms with Gasteiger partial charge in [0.25, 0.3) is 5.91 Å². The highest BCUT2D eigenvalue weighted by atomic mass is 16.5. The average molecular weight is 267 g/mol. The summed E-state index contributed by atoms with van der Waals surface area (Å²) in [4.78, 5) is 13.4. The molecule has 0 aliphatic rings. The van der Waals surface area contributed by atoms with Crippen LogP contribution >= 0.6 is 0 Å². The highest BCUT2D eigenvalue weighted by Gasteiger charge is 2.10. The van der Waals surface area contributed by atoms with E-state index in [0.29, 0.717) is 12.3 Å². The van der Waals surface area contributed by atoms with Crippen molar-refractivity contribution in [3.63, 3.8) is 0 Å². The number of ether oxygens (including phenoxy) is 1. The van der Waals surface area contributed by atoms with E-state index in [4.69, 9.17) is 9.84 Å². The normalized spacial score (nSPS) is 10.2. The summed E-state index contributed by atoms with van der Waals surface area (Å²) in [7, 11) is 1.72. The standard InChI is InChI=1S/C14H21NO4/c1-15(9-5-2-6-10-16)14(18)11-19-13-8-4-3-7-12(13)17/h3-4,7-8,16-17H,2,5-6,9-11H2,1H3. The topological polar surface area (TPSA) is 70.0 Å². The highest BCUT2D eigenvalue weighted by molar-refractivity contribution is 5.77. The Bertz CT molecular complexity index is 395. The van der Waals surface area contributed by atoms with E-state index in [2.05, 4.69) is 0 Å². The zero-order chi connectivity index (χ0) is 14.1. The minimum atomic E-state index is -0.132. The Morgan fingerprint density at radius 1 is 1.26 bits per heavy atom. The number of unbranched alkanes of at least 4 members (excludes halogenated alkanes) is 2. The first-order valence-corrected chi connectivity index (χ1v) is 6.40. The van der Waals surface area contributed by atoms with Crippen LogP contribution in [0.5, 0.6) is 11.5 Å². The second-order valence-electron chi connectivity index (χ2n) is 4.36.